The Morgan fingerprint density at radius 1 is 1.10 bits per heavy atom. The molecular weight excluding hydrogens is 286 g/mol. The lowest BCUT2D eigenvalue weighted by Gasteiger charge is -1.99. The van der Waals surface area contributed by atoms with Gasteiger partial charge in [0, 0.05) is 22.7 Å². The second-order valence-electron chi connectivity index (χ2n) is 4.43. The van der Waals surface area contributed by atoms with Crippen LogP contribution in [0, 0.1) is 10.1 Å². The summed E-state index contributed by atoms with van der Waals surface area (Å²) in [5.74, 6) is 0. The molecule has 0 amide bonds. The molecule has 0 aliphatic carbocycles. The molecule has 21 heavy (non-hydrogen) atoms. The Morgan fingerprint density at radius 2 is 1.81 bits per heavy atom. The molecule has 0 saturated heterocycles. The fourth-order valence-electron chi connectivity index (χ4n) is 2.00. The number of hydrogen-bond acceptors (Lipinski definition) is 5. The lowest BCUT2D eigenvalue weighted by Crippen LogP contribution is -1.91. The average molecular weight is 297 g/mol. The molecule has 5 nitrogen and oxygen atoms in total. The van der Waals surface area contributed by atoms with Crippen molar-refractivity contribution in [2.75, 3.05) is 5.73 Å². The highest BCUT2D eigenvalue weighted by molar-refractivity contribution is 7.13. The van der Waals surface area contributed by atoms with Gasteiger partial charge in [0.05, 0.1) is 16.2 Å². The lowest BCUT2D eigenvalue weighted by molar-refractivity contribution is -0.384. The minimum Gasteiger partial charge on any atom is -0.399 e. The number of para-hydroxylation sites is 1. The van der Waals surface area contributed by atoms with Crippen LogP contribution < -0.4 is 5.73 Å². The number of nitrogens with two attached hydrogens (primary N) is 1. The molecule has 0 aliphatic rings. The van der Waals surface area contributed by atoms with Crippen molar-refractivity contribution >= 4 is 22.7 Å². The third kappa shape index (κ3) is 2.61. The van der Waals surface area contributed by atoms with E-state index < -0.39 is 0 Å². The van der Waals surface area contributed by atoms with Crippen LogP contribution in [0.1, 0.15) is 0 Å². The Hall–Kier alpha value is -2.73. The fourth-order valence-corrected chi connectivity index (χ4v) is 2.86. The van der Waals surface area contributed by atoms with Gasteiger partial charge in [-0.15, -0.1) is 11.3 Å². The second-order valence-corrected chi connectivity index (χ2v) is 5.29. The zero-order valence-corrected chi connectivity index (χ0v) is 11.7. The number of nitro groups is 1. The topological polar surface area (TPSA) is 82.0 Å². The number of nitrogens with zero attached hydrogens (tertiary/aromatic N) is 2. The van der Waals surface area contributed by atoms with Crippen molar-refractivity contribution in [2.45, 2.75) is 0 Å². The molecule has 0 atom stereocenters. The summed E-state index contributed by atoms with van der Waals surface area (Å²) in [5.41, 5.74) is 8.67. The van der Waals surface area contributed by atoms with E-state index in [1.807, 2.05) is 17.5 Å². The maximum atomic E-state index is 11.1. The number of aromatic nitrogens is 1. The van der Waals surface area contributed by atoms with Gasteiger partial charge in [-0.3, -0.25) is 10.1 Å². The normalized spacial score (nSPS) is 10.5. The monoisotopic (exact) mass is 297 g/mol. The van der Waals surface area contributed by atoms with Gasteiger partial charge in [0.25, 0.3) is 5.69 Å². The number of nitrogen functional groups attached to an aromatic ring is 1. The van der Waals surface area contributed by atoms with E-state index in [2.05, 4.69) is 4.98 Å². The maximum Gasteiger partial charge on any atom is 0.279 e. The van der Waals surface area contributed by atoms with Gasteiger partial charge in [0.1, 0.15) is 5.01 Å². The van der Waals surface area contributed by atoms with Crippen LogP contribution in [0.25, 0.3) is 21.8 Å². The zero-order chi connectivity index (χ0) is 14.8. The molecule has 6 heteroatoms. The number of thiazole rings is 1. The number of benzene rings is 2. The van der Waals surface area contributed by atoms with Crippen molar-refractivity contribution in [1.82, 2.24) is 4.98 Å². The second kappa shape index (κ2) is 5.34. The van der Waals surface area contributed by atoms with Gasteiger partial charge in [0.15, 0.2) is 0 Å². The predicted molar refractivity (Wildman–Crippen MR) is 84.1 cm³/mol. The van der Waals surface area contributed by atoms with Crippen LogP contribution >= 0.6 is 11.3 Å². The molecule has 1 heterocycles. The summed E-state index contributed by atoms with van der Waals surface area (Å²) >= 11 is 1.39. The molecule has 0 radical (unpaired) electrons. The smallest absolute Gasteiger partial charge is 0.279 e. The number of nitro benzene ring substituents is 1. The van der Waals surface area contributed by atoms with Gasteiger partial charge in [0.2, 0.25) is 0 Å². The highest BCUT2D eigenvalue weighted by atomic mass is 32.1. The first-order valence-electron chi connectivity index (χ1n) is 6.20. The van der Waals surface area contributed by atoms with Crippen molar-refractivity contribution in [3.8, 4) is 21.8 Å². The first-order valence-corrected chi connectivity index (χ1v) is 7.08. The van der Waals surface area contributed by atoms with Gasteiger partial charge in [-0.05, 0) is 18.2 Å². The van der Waals surface area contributed by atoms with E-state index in [-0.39, 0.29) is 10.6 Å². The van der Waals surface area contributed by atoms with Crippen LogP contribution in [-0.2, 0) is 0 Å². The van der Waals surface area contributed by atoms with Crippen LogP contribution in [0.15, 0.2) is 53.9 Å². The highest BCUT2D eigenvalue weighted by Crippen LogP contribution is 2.34. The molecule has 2 N–H and O–H groups in total. The summed E-state index contributed by atoms with van der Waals surface area (Å²) < 4.78 is 0. The molecule has 2 aromatic carbocycles. The molecular formula is C15H11N3O2S. The maximum absolute atomic E-state index is 11.1. The van der Waals surface area contributed by atoms with E-state index in [0.717, 1.165) is 11.3 Å². The lowest BCUT2D eigenvalue weighted by atomic mass is 10.1. The minimum atomic E-state index is -0.389. The Labute approximate surface area is 124 Å². The minimum absolute atomic E-state index is 0.0655. The molecule has 1 aromatic heterocycles. The summed E-state index contributed by atoms with van der Waals surface area (Å²) in [4.78, 5) is 15.2. The Bertz CT molecular complexity index is 797. The Morgan fingerprint density at radius 3 is 2.52 bits per heavy atom. The predicted octanol–water partition coefficient (Wildman–Crippen LogP) is 3.97. The largest absolute Gasteiger partial charge is 0.399 e. The average Bonchev–Trinajstić information content (AvgIpc) is 2.97. The Balaban J connectivity index is 2.03. The van der Waals surface area contributed by atoms with Crippen molar-refractivity contribution in [2.24, 2.45) is 0 Å². The summed E-state index contributed by atoms with van der Waals surface area (Å²) in [6.45, 7) is 0. The summed E-state index contributed by atoms with van der Waals surface area (Å²) in [6, 6.07) is 14.0. The summed E-state index contributed by atoms with van der Waals surface area (Å²) in [6.07, 6.45) is 0. The van der Waals surface area contributed by atoms with E-state index in [1.54, 1.807) is 30.3 Å². The summed E-state index contributed by atoms with van der Waals surface area (Å²) in [5, 5.41) is 13.6. The van der Waals surface area contributed by atoms with Crippen molar-refractivity contribution in [1.29, 1.82) is 0 Å². The van der Waals surface area contributed by atoms with E-state index in [9.17, 15) is 10.1 Å². The van der Waals surface area contributed by atoms with Crippen LogP contribution in [0.4, 0.5) is 11.4 Å². The quantitative estimate of drug-likeness (QED) is 0.450. The van der Waals surface area contributed by atoms with Crippen molar-refractivity contribution in [3.63, 3.8) is 0 Å². The third-order valence-corrected chi connectivity index (χ3v) is 3.92. The molecule has 0 saturated carbocycles. The first-order chi connectivity index (χ1) is 10.1. The fraction of sp³-hybridized carbons (Fsp3) is 0. The zero-order valence-electron chi connectivity index (χ0n) is 10.9. The van der Waals surface area contributed by atoms with Gasteiger partial charge in [-0.2, -0.15) is 0 Å². The van der Waals surface area contributed by atoms with E-state index in [0.29, 0.717) is 16.3 Å². The van der Waals surface area contributed by atoms with Crippen LogP contribution in [-0.4, -0.2) is 9.91 Å². The van der Waals surface area contributed by atoms with E-state index in [4.69, 9.17) is 5.73 Å². The van der Waals surface area contributed by atoms with Gasteiger partial charge >= 0.3 is 0 Å². The highest BCUT2D eigenvalue weighted by Gasteiger charge is 2.17. The van der Waals surface area contributed by atoms with Crippen LogP contribution in [0.2, 0.25) is 0 Å². The molecule has 3 aromatic rings. The molecule has 0 aliphatic heterocycles. The van der Waals surface area contributed by atoms with Crippen LogP contribution in [0.5, 0.6) is 0 Å². The number of hydrogen-bond donors (Lipinski definition) is 1. The van der Waals surface area contributed by atoms with Gasteiger partial charge in [-0.1, -0.05) is 24.3 Å². The summed E-state index contributed by atoms with van der Waals surface area (Å²) in [7, 11) is 0. The van der Waals surface area contributed by atoms with Crippen molar-refractivity contribution in [3.05, 3.63) is 64.0 Å². The van der Waals surface area contributed by atoms with Crippen molar-refractivity contribution < 1.29 is 4.92 Å². The number of rotatable bonds is 3. The molecule has 0 unspecified atom stereocenters. The SMILES string of the molecule is Nc1ccc(-c2csc(-c3ccccc3[N+](=O)[O-])n2)cc1. The molecule has 0 fully saturated rings. The molecule has 0 bridgehead atoms. The van der Waals surface area contributed by atoms with Gasteiger partial charge in [-0.25, -0.2) is 4.98 Å². The Kier molecular flexibility index (Phi) is 3.37. The molecule has 3 rings (SSSR count). The number of anilines is 1. The third-order valence-electron chi connectivity index (χ3n) is 3.04. The van der Waals surface area contributed by atoms with E-state index in [1.165, 1.54) is 17.4 Å². The molecule has 0 spiro atoms. The first kappa shape index (κ1) is 13.3. The van der Waals surface area contributed by atoms with Gasteiger partial charge < -0.3 is 5.73 Å². The van der Waals surface area contributed by atoms with E-state index >= 15 is 0 Å². The van der Waals surface area contributed by atoms with Crippen LogP contribution in [0.3, 0.4) is 0 Å². The standard InChI is InChI=1S/C15H11N3O2S/c16-11-7-5-10(6-8-11)13-9-21-15(17-13)12-3-1-2-4-14(12)18(19)20/h1-9H,16H2. The molecule has 104 valence electrons.